The van der Waals surface area contributed by atoms with Gasteiger partial charge < -0.3 is 10.7 Å². The van der Waals surface area contributed by atoms with E-state index in [4.69, 9.17) is 5.84 Å². The van der Waals surface area contributed by atoms with Gasteiger partial charge in [0.25, 0.3) is 5.91 Å². The van der Waals surface area contributed by atoms with Gasteiger partial charge in [-0.1, -0.05) is 27.7 Å². The molecule has 1 rings (SSSR count). The molecule has 0 saturated heterocycles. The Labute approximate surface area is 109 Å². The molecule has 1 amide bonds. The molecule has 0 fully saturated rings. The summed E-state index contributed by atoms with van der Waals surface area (Å²) in [6.07, 6.45) is 0. The molecule has 0 aliphatic rings. The van der Waals surface area contributed by atoms with E-state index in [0.29, 0.717) is 18.0 Å². The molecule has 4 N–H and O–H groups in total. The van der Waals surface area contributed by atoms with Gasteiger partial charge in [-0.05, 0) is 35.6 Å². The van der Waals surface area contributed by atoms with Crippen LogP contribution >= 0.6 is 0 Å². The lowest BCUT2D eigenvalue weighted by molar-refractivity contribution is 0.0937. The SMILES string of the molecule is CC(CNC(=O)c1ccc(NN)cc1)C(C)(C)C. The third-order valence-corrected chi connectivity index (χ3v) is 3.36. The van der Waals surface area contributed by atoms with Crippen LogP contribution in [-0.4, -0.2) is 12.5 Å². The molecule has 1 unspecified atom stereocenters. The van der Waals surface area contributed by atoms with Gasteiger partial charge in [0.1, 0.15) is 0 Å². The van der Waals surface area contributed by atoms with Gasteiger partial charge in [0.15, 0.2) is 0 Å². The average molecular weight is 249 g/mol. The zero-order valence-electron chi connectivity index (χ0n) is 11.6. The van der Waals surface area contributed by atoms with E-state index in [1.54, 1.807) is 24.3 Å². The third kappa shape index (κ3) is 4.04. The van der Waals surface area contributed by atoms with Crippen molar-refractivity contribution in [3.63, 3.8) is 0 Å². The molecule has 0 bridgehead atoms. The largest absolute Gasteiger partial charge is 0.352 e. The highest BCUT2D eigenvalue weighted by Gasteiger charge is 2.20. The lowest BCUT2D eigenvalue weighted by Gasteiger charge is -2.27. The highest BCUT2D eigenvalue weighted by atomic mass is 16.1. The van der Waals surface area contributed by atoms with Gasteiger partial charge in [0.2, 0.25) is 0 Å². The van der Waals surface area contributed by atoms with Crippen LogP contribution in [0.4, 0.5) is 5.69 Å². The van der Waals surface area contributed by atoms with E-state index in [1.165, 1.54) is 0 Å². The number of hydrogen-bond donors (Lipinski definition) is 3. The number of nitrogens with two attached hydrogens (primary N) is 1. The Kier molecular flexibility index (Phi) is 4.73. The Morgan fingerprint density at radius 1 is 1.28 bits per heavy atom. The molecule has 0 saturated carbocycles. The molecule has 18 heavy (non-hydrogen) atoms. The Balaban J connectivity index is 2.55. The molecule has 0 aliphatic heterocycles. The minimum atomic E-state index is -0.0466. The number of carbonyl (C=O) groups excluding carboxylic acids is 1. The van der Waals surface area contributed by atoms with Crippen LogP contribution in [0.25, 0.3) is 0 Å². The first-order valence-electron chi connectivity index (χ1n) is 6.19. The monoisotopic (exact) mass is 249 g/mol. The van der Waals surface area contributed by atoms with Crippen LogP contribution in [0.3, 0.4) is 0 Å². The Morgan fingerprint density at radius 3 is 2.28 bits per heavy atom. The van der Waals surface area contributed by atoms with Crippen molar-refractivity contribution in [1.82, 2.24) is 5.32 Å². The van der Waals surface area contributed by atoms with Crippen molar-refractivity contribution < 1.29 is 4.79 Å². The topological polar surface area (TPSA) is 67.2 Å². The molecule has 100 valence electrons. The van der Waals surface area contributed by atoms with E-state index in [-0.39, 0.29) is 11.3 Å². The summed E-state index contributed by atoms with van der Waals surface area (Å²) in [6, 6.07) is 7.07. The lowest BCUT2D eigenvalue weighted by atomic mass is 9.82. The smallest absolute Gasteiger partial charge is 0.251 e. The zero-order valence-corrected chi connectivity index (χ0v) is 11.6. The van der Waals surface area contributed by atoms with Crippen molar-refractivity contribution in [2.24, 2.45) is 17.2 Å². The van der Waals surface area contributed by atoms with Crippen molar-refractivity contribution in [3.8, 4) is 0 Å². The van der Waals surface area contributed by atoms with Crippen molar-refractivity contribution >= 4 is 11.6 Å². The molecule has 4 heteroatoms. The van der Waals surface area contributed by atoms with Crippen LogP contribution in [0.2, 0.25) is 0 Å². The Hall–Kier alpha value is -1.55. The van der Waals surface area contributed by atoms with Crippen LogP contribution in [0.15, 0.2) is 24.3 Å². The summed E-state index contributed by atoms with van der Waals surface area (Å²) >= 11 is 0. The fraction of sp³-hybridized carbons (Fsp3) is 0.500. The minimum Gasteiger partial charge on any atom is -0.352 e. The van der Waals surface area contributed by atoms with E-state index in [0.717, 1.165) is 5.69 Å². The summed E-state index contributed by atoms with van der Waals surface area (Å²) in [7, 11) is 0. The number of hydrogen-bond acceptors (Lipinski definition) is 3. The maximum Gasteiger partial charge on any atom is 0.251 e. The van der Waals surface area contributed by atoms with E-state index >= 15 is 0 Å². The van der Waals surface area contributed by atoms with Gasteiger partial charge in [-0.15, -0.1) is 0 Å². The third-order valence-electron chi connectivity index (χ3n) is 3.36. The van der Waals surface area contributed by atoms with Crippen LogP contribution in [0.5, 0.6) is 0 Å². The summed E-state index contributed by atoms with van der Waals surface area (Å²) in [5, 5.41) is 2.95. The van der Waals surface area contributed by atoms with E-state index in [1.807, 2.05) is 0 Å². The van der Waals surface area contributed by atoms with Gasteiger partial charge in [-0.3, -0.25) is 10.6 Å². The summed E-state index contributed by atoms with van der Waals surface area (Å²) in [5.74, 6) is 5.65. The Morgan fingerprint density at radius 2 is 1.83 bits per heavy atom. The van der Waals surface area contributed by atoms with Gasteiger partial charge in [0.05, 0.1) is 0 Å². The van der Waals surface area contributed by atoms with Gasteiger partial charge >= 0.3 is 0 Å². The second-order valence-corrected chi connectivity index (χ2v) is 5.70. The highest BCUT2D eigenvalue weighted by Crippen LogP contribution is 2.24. The van der Waals surface area contributed by atoms with Crippen LogP contribution in [0, 0.1) is 11.3 Å². The summed E-state index contributed by atoms with van der Waals surface area (Å²) in [4.78, 5) is 11.9. The molecule has 4 nitrogen and oxygen atoms in total. The molecule has 0 spiro atoms. The average Bonchev–Trinajstić information content (AvgIpc) is 2.34. The molecule has 1 atom stereocenters. The van der Waals surface area contributed by atoms with Crippen LogP contribution in [0.1, 0.15) is 38.1 Å². The van der Waals surface area contributed by atoms with E-state index in [9.17, 15) is 4.79 Å². The molecule has 0 heterocycles. The van der Waals surface area contributed by atoms with Gasteiger partial charge in [-0.25, -0.2) is 0 Å². The summed E-state index contributed by atoms with van der Waals surface area (Å²) < 4.78 is 0. The van der Waals surface area contributed by atoms with Gasteiger partial charge in [-0.2, -0.15) is 0 Å². The summed E-state index contributed by atoms with van der Waals surface area (Å²) in [5.41, 5.74) is 4.16. The number of anilines is 1. The Bertz CT molecular complexity index is 392. The van der Waals surface area contributed by atoms with E-state index < -0.39 is 0 Å². The van der Waals surface area contributed by atoms with E-state index in [2.05, 4.69) is 38.4 Å². The zero-order chi connectivity index (χ0) is 13.8. The molecule has 0 aliphatic carbocycles. The predicted molar refractivity (Wildman–Crippen MR) is 75.2 cm³/mol. The van der Waals surface area contributed by atoms with Crippen LogP contribution in [-0.2, 0) is 0 Å². The fourth-order valence-corrected chi connectivity index (χ4v) is 1.37. The summed E-state index contributed by atoms with van der Waals surface area (Å²) in [6.45, 7) is 9.34. The normalized spacial score (nSPS) is 12.9. The lowest BCUT2D eigenvalue weighted by Crippen LogP contribution is -2.33. The number of nitrogens with one attached hydrogen (secondary N) is 2. The van der Waals surface area contributed by atoms with Crippen LogP contribution < -0.4 is 16.6 Å². The molecule has 0 aromatic heterocycles. The number of benzene rings is 1. The fourth-order valence-electron chi connectivity index (χ4n) is 1.37. The molecular formula is C14H23N3O. The maximum absolute atomic E-state index is 11.9. The number of carbonyl (C=O) groups is 1. The molecule has 1 aromatic rings. The first kappa shape index (κ1) is 14.5. The second-order valence-electron chi connectivity index (χ2n) is 5.70. The second kappa shape index (κ2) is 5.87. The van der Waals surface area contributed by atoms with Crippen molar-refractivity contribution in [3.05, 3.63) is 29.8 Å². The number of nitrogen functional groups attached to an aromatic ring is 1. The van der Waals surface area contributed by atoms with Crippen molar-refractivity contribution in [1.29, 1.82) is 0 Å². The highest BCUT2D eigenvalue weighted by molar-refractivity contribution is 5.94. The molecular weight excluding hydrogens is 226 g/mol. The van der Waals surface area contributed by atoms with Crippen molar-refractivity contribution in [2.45, 2.75) is 27.7 Å². The molecule has 1 aromatic carbocycles. The first-order valence-corrected chi connectivity index (χ1v) is 6.19. The van der Waals surface area contributed by atoms with Gasteiger partial charge in [0, 0.05) is 17.8 Å². The first-order chi connectivity index (χ1) is 8.34. The van der Waals surface area contributed by atoms with Crippen molar-refractivity contribution in [2.75, 3.05) is 12.0 Å². The number of rotatable bonds is 4. The molecule has 0 radical (unpaired) electrons. The standard InChI is InChI=1S/C14H23N3O/c1-10(14(2,3)4)9-16-13(18)11-5-7-12(17-15)8-6-11/h5-8,10,17H,9,15H2,1-4H3,(H,16,18). The minimum absolute atomic E-state index is 0.0466. The maximum atomic E-state index is 11.9. The number of amides is 1. The quantitative estimate of drug-likeness (QED) is 0.567. The predicted octanol–water partition coefficient (Wildman–Crippen LogP) is 2.38. The number of hydrazine groups is 1.